The minimum atomic E-state index is 0.172. The van der Waals surface area contributed by atoms with E-state index in [1.807, 2.05) is 17.0 Å². The SMILES string of the molecule is COc1ccc(C[C@H]2CN(C(C)=O)CC[C@@H]2OCC2CC2)cc1. The number of ether oxygens (including phenoxy) is 2. The fourth-order valence-electron chi connectivity index (χ4n) is 3.32. The van der Waals surface area contributed by atoms with Crippen LogP contribution in [0.2, 0.25) is 0 Å². The van der Waals surface area contributed by atoms with Gasteiger partial charge < -0.3 is 14.4 Å². The largest absolute Gasteiger partial charge is 0.497 e. The second kappa shape index (κ2) is 7.35. The highest BCUT2D eigenvalue weighted by Gasteiger charge is 2.32. The van der Waals surface area contributed by atoms with Crippen molar-refractivity contribution in [2.24, 2.45) is 11.8 Å². The van der Waals surface area contributed by atoms with Crippen LogP contribution in [0.3, 0.4) is 0 Å². The number of hydrogen-bond donors (Lipinski definition) is 0. The molecule has 4 heteroatoms. The molecule has 126 valence electrons. The van der Waals surface area contributed by atoms with Crippen molar-refractivity contribution in [1.82, 2.24) is 4.90 Å². The molecule has 2 atom stereocenters. The van der Waals surface area contributed by atoms with Gasteiger partial charge >= 0.3 is 0 Å². The molecule has 1 aromatic carbocycles. The third-order valence-electron chi connectivity index (χ3n) is 5.01. The molecule has 1 saturated carbocycles. The standard InChI is InChI=1S/C19H27NO3/c1-14(21)20-10-9-19(23-13-16-3-4-16)17(12-20)11-15-5-7-18(22-2)8-6-15/h5-8,16-17,19H,3-4,9-13H2,1-2H3/t17-,19-/m0/s1. The molecular formula is C19H27NO3. The van der Waals surface area contributed by atoms with E-state index < -0.39 is 0 Å². The van der Waals surface area contributed by atoms with Gasteiger partial charge in [0.1, 0.15) is 5.75 Å². The van der Waals surface area contributed by atoms with Gasteiger partial charge in [-0.05, 0) is 49.3 Å². The van der Waals surface area contributed by atoms with Crippen LogP contribution in [-0.4, -0.2) is 43.7 Å². The molecule has 0 unspecified atom stereocenters. The molecular weight excluding hydrogens is 290 g/mol. The summed E-state index contributed by atoms with van der Waals surface area (Å²) >= 11 is 0. The van der Waals surface area contributed by atoms with Gasteiger partial charge in [-0.25, -0.2) is 0 Å². The maximum atomic E-state index is 11.7. The number of piperidine rings is 1. The fraction of sp³-hybridized carbons (Fsp3) is 0.632. The van der Waals surface area contributed by atoms with Crippen LogP contribution in [0.1, 0.15) is 31.7 Å². The minimum Gasteiger partial charge on any atom is -0.497 e. The molecule has 1 amide bonds. The molecule has 0 spiro atoms. The lowest BCUT2D eigenvalue weighted by Crippen LogP contribution is -2.47. The smallest absolute Gasteiger partial charge is 0.219 e. The van der Waals surface area contributed by atoms with Gasteiger partial charge in [0.2, 0.25) is 5.91 Å². The summed E-state index contributed by atoms with van der Waals surface area (Å²) in [6, 6.07) is 8.23. The van der Waals surface area contributed by atoms with E-state index in [-0.39, 0.29) is 12.0 Å². The van der Waals surface area contributed by atoms with Gasteiger partial charge in [0.05, 0.1) is 13.2 Å². The normalized spacial score (nSPS) is 24.5. The molecule has 4 nitrogen and oxygen atoms in total. The lowest BCUT2D eigenvalue weighted by atomic mass is 9.88. The number of likely N-dealkylation sites (tertiary alicyclic amines) is 1. The summed E-state index contributed by atoms with van der Waals surface area (Å²) in [6.45, 7) is 4.18. The monoisotopic (exact) mass is 317 g/mol. The van der Waals surface area contributed by atoms with Gasteiger partial charge in [-0.3, -0.25) is 4.79 Å². The van der Waals surface area contributed by atoms with Crippen LogP contribution in [0, 0.1) is 11.8 Å². The predicted octanol–water partition coefficient (Wildman–Crippen LogP) is 2.90. The first-order valence-electron chi connectivity index (χ1n) is 8.65. The second-order valence-corrected chi connectivity index (χ2v) is 6.88. The van der Waals surface area contributed by atoms with Crippen molar-refractivity contribution >= 4 is 5.91 Å². The highest BCUT2D eigenvalue weighted by Crippen LogP contribution is 2.32. The van der Waals surface area contributed by atoms with Crippen molar-refractivity contribution in [2.45, 2.75) is 38.7 Å². The average molecular weight is 317 g/mol. The third-order valence-corrected chi connectivity index (χ3v) is 5.01. The first-order chi connectivity index (χ1) is 11.2. The Bertz CT molecular complexity index is 524. The fourth-order valence-corrected chi connectivity index (χ4v) is 3.32. The first kappa shape index (κ1) is 16.3. The summed E-state index contributed by atoms with van der Waals surface area (Å²) in [7, 11) is 1.68. The third kappa shape index (κ3) is 4.47. The molecule has 1 aliphatic heterocycles. The molecule has 0 aromatic heterocycles. The average Bonchev–Trinajstić information content (AvgIpc) is 3.38. The number of methoxy groups -OCH3 is 1. The van der Waals surface area contributed by atoms with Gasteiger partial charge in [0.25, 0.3) is 0 Å². The number of carbonyl (C=O) groups is 1. The molecule has 2 aliphatic rings. The summed E-state index contributed by atoms with van der Waals surface area (Å²) in [5, 5.41) is 0. The molecule has 0 bridgehead atoms. The van der Waals surface area contributed by atoms with Gasteiger partial charge in [0, 0.05) is 32.5 Å². The van der Waals surface area contributed by atoms with Crippen molar-refractivity contribution in [3.8, 4) is 5.75 Å². The van der Waals surface area contributed by atoms with E-state index in [1.165, 1.54) is 18.4 Å². The quantitative estimate of drug-likeness (QED) is 0.810. The van der Waals surface area contributed by atoms with Crippen LogP contribution in [0.25, 0.3) is 0 Å². The Hall–Kier alpha value is -1.55. The Morgan fingerprint density at radius 2 is 1.96 bits per heavy atom. The summed E-state index contributed by atoms with van der Waals surface area (Å²) < 4.78 is 11.4. The zero-order valence-corrected chi connectivity index (χ0v) is 14.2. The Kier molecular flexibility index (Phi) is 5.21. The van der Waals surface area contributed by atoms with E-state index in [0.717, 1.165) is 44.2 Å². The number of nitrogens with zero attached hydrogens (tertiary/aromatic N) is 1. The molecule has 0 N–H and O–H groups in total. The van der Waals surface area contributed by atoms with Gasteiger partial charge in [0.15, 0.2) is 0 Å². The lowest BCUT2D eigenvalue weighted by Gasteiger charge is -2.38. The van der Waals surface area contributed by atoms with Crippen LogP contribution >= 0.6 is 0 Å². The van der Waals surface area contributed by atoms with Crippen LogP contribution < -0.4 is 4.74 Å². The van der Waals surface area contributed by atoms with E-state index in [4.69, 9.17) is 9.47 Å². The van der Waals surface area contributed by atoms with Crippen LogP contribution in [0.4, 0.5) is 0 Å². The number of carbonyl (C=O) groups excluding carboxylic acids is 1. The summed E-state index contributed by atoms with van der Waals surface area (Å²) in [5.41, 5.74) is 1.28. The summed E-state index contributed by atoms with van der Waals surface area (Å²) in [4.78, 5) is 13.7. The van der Waals surface area contributed by atoms with Crippen molar-refractivity contribution in [3.05, 3.63) is 29.8 Å². The molecule has 1 aromatic rings. The van der Waals surface area contributed by atoms with E-state index in [9.17, 15) is 4.79 Å². The number of hydrogen-bond acceptors (Lipinski definition) is 3. The zero-order valence-electron chi connectivity index (χ0n) is 14.2. The van der Waals surface area contributed by atoms with Crippen LogP contribution in [-0.2, 0) is 16.0 Å². The topological polar surface area (TPSA) is 38.8 Å². The first-order valence-corrected chi connectivity index (χ1v) is 8.65. The van der Waals surface area contributed by atoms with Gasteiger partial charge in [-0.1, -0.05) is 12.1 Å². The molecule has 23 heavy (non-hydrogen) atoms. The Morgan fingerprint density at radius 3 is 2.57 bits per heavy atom. The molecule has 3 rings (SSSR count). The van der Waals surface area contributed by atoms with Crippen molar-refractivity contribution in [1.29, 1.82) is 0 Å². The predicted molar refractivity (Wildman–Crippen MR) is 89.5 cm³/mol. The highest BCUT2D eigenvalue weighted by atomic mass is 16.5. The van der Waals surface area contributed by atoms with Crippen molar-refractivity contribution < 1.29 is 14.3 Å². The van der Waals surface area contributed by atoms with Gasteiger partial charge in [-0.2, -0.15) is 0 Å². The van der Waals surface area contributed by atoms with E-state index in [1.54, 1.807) is 14.0 Å². The minimum absolute atomic E-state index is 0.172. The Labute approximate surface area is 138 Å². The maximum absolute atomic E-state index is 11.7. The van der Waals surface area contributed by atoms with E-state index in [2.05, 4.69) is 12.1 Å². The highest BCUT2D eigenvalue weighted by molar-refractivity contribution is 5.73. The maximum Gasteiger partial charge on any atom is 0.219 e. The Balaban J connectivity index is 1.64. The van der Waals surface area contributed by atoms with Crippen molar-refractivity contribution in [3.63, 3.8) is 0 Å². The van der Waals surface area contributed by atoms with Crippen LogP contribution in [0.5, 0.6) is 5.75 Å². The molecule has 1 heterocycles. The number of rotatable bonds is 6. The van der Waals surface area contributed by atoms with Crippen LogP contribution in [0.15, 0.2) is 24.3 Å². The van der Waals surface area contributed by atoms with Gasteiger partial charge in [-0.15, -0.1) is 0 Å². The van der Waals surface area contributed by atoms with E-state index in [0.29, 0.717) is 5.92 Å². The molecule has 0 radical (unpaired) electrons. The lowest BCUT2D eigenvalue weighted by molar-refractivity contribution is -0.134. The zero-order chi connectivity index (χ0) is 16.2. The van der Waals surface area contributed by atoms with Crippen molar-refractivity contribution in [2.75, 3.05) is 26.8 Å². The second-order valence-electron chi connectivity index (χ2n) is 6.88. The Morgan fingerprint density at radius 1 is 1.22 bits per heavy atom. The molecule has 2 fully saturated rings. The molecule has 1 saturated heterocycles. The number of amides is 1. The molecule has 1 aliphatic carbocycles. The van der Waals surface area contributed by atoms with E-state index >= 15 is 0 Å². The summed E-state index contributed by atoms with van der Waals surface area (Å²) in [6.07, 6.45) is 4.80. The summed E-state index contributed by atoms with van der Waals surface area (Å²) in [5.74, 6) is 2.21. The number of benzene rings is 1.